The maximum atomic E-state index is 12.3. The van der Waals surface area contributed by atoms with E-state index in [1.54, 1.807) is 32.0 Å². The largest absolute Gasteiger partial charge is 0.496 e. The van der Waals surface area contributed by atoms with E-state index in [2.05, 4.69) is 16.2 Å². The lowest BCUT2D eigenvalue weighted by molar-refractivity contribution is -0.130. The number of carbonyl (C=O) groups is 4. The fourth-order valence-electron chi connectivity index (χ4n) is 2.74. The molecule has 1 aromatic carbocycles. The van der Waals surface area contributed by atoms with E-state index >= 15 is 0 Å². The number of nitrogens with zero attached hydrogens (tertiary/aromatic N) is 1. The molecular weight excluding hydrogens is 380 g/mol. The normalized spacial score (nSPS) is 15.1. The Labute approximate surface area is 168 Å². The maximum Gasteiger partial charge on any atom is 0.325 e. The van der Waals surface area contributed by atoms with Crippen LogP contribution in [0.4, 0.5) is 4.79 Å². The molecule has 0 radical (unpaired) electrons. The number of ether oxygens (including phenoxy) is 2. The van der Waals surface area contributed by atoms with E-state index in [4.69, 9.17) is 9.47 Å². The van der Waals surface area contributed by atoms with Gasteiger partial charge in [-0.15, -0.1) is 0 Å². The summed E-state index contributed by atoms with van der Waals surface area (Å²) in [7, 11) is 1.53. The Morgan fingerprint density at radius 3 is 2.52 bits per heavy atom. The Morgan fingerprint density at radius 1 is 1.21 bits per heavy atom. The number of nitrogens with one attached hydrogen (secondary N) is 3. The molecule has 158 valence electrons. The molecule has 10 heteroatoms. The fourth-order valence-corrected chi connectivity index (χ4v) is 2.74. The van der Waals surface area contributed by atoms with Crippen LogP contribution >= 0.6 is 0 Å². The summed E-state index contributed by atoms with van der Waals surface area (Å²) in [5.41, 5.74) is 4.61. The van der Waals surface area contributed by atoms with E-state index in [9.17, 15) is 19.2 Å². The van der Waals surface area contributed by atoms with Crippen LogP contribution in [0.5, 0.6) is 5.75 Å². The van der Waals surface area contributed by atoms with Gasteiger partial charge in [-0.25, -0.2) is 4.79 Å². The van der Waals surface area contributed by atoms with Crippen molar-refractivity contribution in [1.29, 1.82) is 0 Å². The van der Waals surface area contributed by atoms with Crippen LogP contribution in [0, 0.1) is 0 Å². The summed E-state index contributed by atoms with van der Waals surface area (Å²) in [4.78, 5) is 49.1. The third-order valence-corrected chi connectivity index (χ3v) is 4.33. The molecule has 1 saturated heterocycles. The molecule has 1 fully saturated rings. The molecule has 0 aromatic heterocycles. The summed E-state index contributed by atoms with van der Waals surface area (Å²) in [5, 5.41) is 2.53. The van der Waals surface area contributed by atoms with Crippen LogP contribution in [0.25, 0.3) is 0 Å². The van der Waals surface area contributed by atoms with E-state index in [-0.39, 0.29) is 19.6 Å². The first-order valence-corrected chi connectivity index (χ1v) is 9.17. The van der Waals surface area contributed by atoms with Crippen molar-refractivity contribution < 1.29 is 28.7 Å². The summed E-state index contributed by atoms with van der Waals surface area (Å²) in [6, 6.07) is 4.28. The van der Waals surface area contributed by atoms with Gasteiger partial charge in [0.2, 0.25) is 5.91 Å². The van der Waals surface area contributed by atoms with E-state index in [1.165, 1.54) is 7.11 Å². The number of rotatable bonds is 8. The lowest BCUT2D eigenvalue weighted by atomic mass is 10.1. The molecule has 2 rings (SSSR count). The Kier molecular flexibility index (Phi) is 7.16. The summed E-state index contributed by atoms with van der Waals surface area (Å²) in [6.07, 6.45) is -0.145. The van der Waals surface area contributed by atoms with Crippen LogP contribution in [0.2, 0.25) is 0 Å². The fraction of sp³-hybridized carbons (Fsp3) is 0.474. The Morgan fingerprint density at radius 2 is 1.93 bits per heavy atom. The average molecular weight is 406 g/mol. The van der Waals surface area contributed by atoms with Crippen molar-refractivity contribution in [2.75, 3.05) is 20.3 Å². The van der Waals surface area contributed by atoms with Crippen LogP contribution < -0.4 is 20.9 Å². The predicted molar refractivity (Wildman–Crippen MR) is 103 cm³/mol. The van der Waals surface area contributed by atoms with Crippen LogP contribution in [0.3, 0.4) is 0 Å². The Bertz CT molecular complexity index is 808. The minimum absolute atomic E-state index is 0.0865. The third-order valence-electron chi connectivity index (χ3n) is 4.33. The Hall–Kier alpha value is -3.14. The van der Waals surface area contributed by atoms with Crippen molar-refractivity contribution in [1.82, 2.24) is 21.1 Å². The highest BCUT2D eigenvalue weighted by molar-refractivity contribution is 6.06. The van der Waals surface area contributed by atoms with Crippen molar-refractivity contribution in [3.05, 3.63) is 29.3 Å². The summed E-state index contributed by atoms with van der Waals surface area (Å²) >= 11 is 0. The number of hydrazine groups is 1. The molecule has 0 saturated carbocycles. The molecule has 10 nitrogen and oxygen atoms in total. The summed E-state index contributed by atoms with van der Waals surface area (Å²) in [5.74, 6) is -0.864. The van der Waals surface area contributed by atoms with E-state index < -0.39 is 29.3 Å². The van der Waals surface area contributed by atoms with Gasteiger partial charge >= 0.3 is 6.03 Å². The quantitative estimate of drug-likeness (QED) is 0.431. The van der Waals surface area contributed by atoms with Crippen molar-refractivity contribution in [2.45, 2.75) is 39.3 Å². The number of hydrogen-bond donors (Lipinski definition) is 3. The van der Waals surface area contributed by atoms with Crippen LogP contribution in [0.15, 0.2) is 18.2 Å². The second kappa shape index (κ2) is 9.37. The number of amides is 5. The van der Waals surface area contributed by atoms with Gasteiger partial charge in [-0.1, -0.05) is 0 Å². The van der Waals surface area contributed by atoms with Crippen LogP contribution in [-0.4, -0.2) is 54.5 Å². The highest BCUT2D eigenvalue weighted by atomic mass is 16.5. The first-order chi connectivity index (χ1) is 13.7. The van der Waals surface area contributed by atoms with E-state index in [1.807, 2.05) is 6.92 Å². The molecule has 1 heterocycles. The lowest BCUT2D eigenvalue weighted by Gasteiger charge is -2.16. The number of methoxy groups -OCH3 is 1. The number of imide groups is 1. The highest BCUT2D eigenvalue weighted by Gasteiger charge is 2.43. The molecule has 1 aliphatic rings. The average Bonchev–Trinajstić information content (AvgIpc) is 2.89. The molecule has 0 spiro atoms. The zero-order valence-corrected chi connectivity index (χ0v) is 17.0. The van der Waals surface area contributed by atoms with Crippen LogP contribution in [-0.2, 0) is 20.9 Å². The number of carbonyl (C=O) groups excluding carboxylic acids is 4. The van der Waals surface area contributed by atoms with Gasteiger partial charge in [-0.05, 0) is 39.0 Å². The molecule has 3 N–H and O–H groups in total. The molecular formula is C19H26N4O6. The van der Waals surface area contributed by atoms with Gasteiger partial charge in [-0.2, -0.15) is 0 Å². The number of hydrogen-bond acceptors (Lipinski definition) is 6. The summed E-state index contributed by atoms with van der Waals surface area (Å²) < 4.78 is 10.6. The first kappa shape index (κ1) is 22.2. The molecule has 0 bridgehead atoms. The van der Waals surface area contributed by atoms with Gasteiger partial charge in [0, 0.05) is 30.7 Å². The standard InChI is InChI=1S/C19H26N4O6/c1-5-29-11-13-10-12(6-7-14(13)28-4)16(25)22-21-15(24)8-9-23-17(26)19(2,3)20-18(23)27/h6-7,10H,5,8-9,11H2,1-4H3,(H,20,27)(H,21,24)(H,22,25). The molecule has 0 aliphatic carbocycles. The molecule has 1 aliphatic heterocycles. The van der Waals surface area contributed by atoms with Crippen molar-refractivity contribution >= 4 is 23.8 Å². The molecule has 0 atom stereocenters. The summed E-state index contributed by atoms with van der Waals surface area (Å²) in [6.45, 7) is 5.75. The van der Waals surface area contributed by atoms with Crippen molar-refractivity contribution in [2.24, 2.45) is 0 Å². The predicted octanol–water partition coefficient (Wildman–Crippen LogP) is 0.713. The lowest BCUT2D eigenvalue weighted by Crippen LogP contribution is -2.44. The topological polar surface area (TPSA) is 126 Å². The Balaban J connectivity index is 1.88. The number of urea groups is 1. The van der Waals surface area contributed by atoms with Crippen molar-refractivity contribution in [3.8, 4) is 5.75 Å². The first-order valence-electron chi connectivity index (χ1n) is 9.17. The molecule has 29 heavy (non-hydrogen) atoms. The van der Waals surface area contributed by atoms with Gasteiger partial charge in [0.25, 0.3) is 11.8 Å². The van der Waals surface area contributed by atoms with Crippen molar-refractivity contribution in [3.63, 3.8) is 0 Å². The monoisotopic (exact) mass is 406 g/mol. The zero-order chi connectivity index (χ0) is 21.6. The zero-order valence-electron chi connectivity index (χ0n) is 17.0. The van der Waals surface area contributed by atoms with Gasteiger partial charge in [-0.3, -0.25) is 30.1 Å². The van der Waals surface area contributed by atoms with Gasteiger partial charge in [0.1, 0.15) is 11.3 Å². The van der Waals surface area contributed by atoms with Gasteiger partial charge in [0.05, 0.1) is 13.7 Å². The molecule has 1 aromatic rings. The molecule has 0 unspecified atom stereocenters. The van der Waals surface area contributed by atoms with E-state index in [0.717, 1.165) is 4.90 Å². The smallest absolute Gasteiger partial charge is 0.325 e. The highest BCUT2D eigenvalue weighted by Crippen LogP contribution is 2.21. The minimum atomic E-state index is -0.991. The third kappa shape index (κ3) is 5.44. The second-order valence-corrected chi connectivity index (χ2v) is 6.93. The maximum absolute atomic E-state index is 12.3. The minimum Gasteiger partial charge on any atom is -0.496 e. The number of benzene rings is 1. The van der Waals surface area contributed by atoms with Gasteiger partial charge in [0.15, 0.2) is 0 Å². The van der Waals surface area contributed by atoms with Crippen LogP contribution in [0.1, 0.15) is 43.1 Å². The molecule has 5 amide bonds. The second-order valence-electron chi connectivity index (χ2n) is 6.93. The SMILES string of the molecule is CCOCc1cc(C(=O)NNC(=O)CCN2C(=O)NC(C)(C)C2=O)ccc1OC. The van der Waals surface area contributed by atoms with Gasteiger partial charge < -0.3 is 14.8 Å². The van der Waals surface area contributed by atoms with E-state index in [0.29, 0.717) is 23.5 Å².